The topological polar surface area (TPSA) is 75.7 Å². The van der Waals surface area contributed by atoms with Crippen LogP contribution in [0.2, 0.25) is 0 Å². The van der Waals surface area contributed by atoms with Crippen LogP contribution >= 0.6 is 0 Å². The van der Waals surface area contributed by atoms with Gasteiger partial charge >= 0.3 is 0 Å². The molecule has 27 heavy (non-hydrogen) atoms. The number of nitrogens with zero attached hydrogens (tertiary/aromatic N) is 1. The van der Waals surface area contributed by atoms with Gasteiger partial charge < -0.3 is 10.1 Å². The van der Waals surface area contributed by atoms with Crippen LogP contribution in [0.3, 0.4) is 0 Å². The summed E-state index contributed by atoms with van der Waals surface area (Å²) in [7, 11) is 0. The molecular formula is C21H24N2O4. The summed E-state index contributed by atoms with van der Waals surface area (Å²) in [4.78, 5) is 38.5. The Hall–Kier alpha value is -2.63. The highest BCUT2D eigenvalue weighted by Crippen LogP contribution is 2.52. The summed E-state index contributed by atoms with van der Waals surface area (Å²) in [6, 6.07) is 5.93. The van der Waals surface area contributed by atoms with Gasteiger partial charge in [0.1, 0.15) is 18.9 Å². The number of ether oxygens (including phenoxy) is 1. The Morgan fingerprint density at radius 1 is 1.11 bits per heavy atom. The van der Waals surface area contributed by atoms with Crippen molar-refractivity contribution in [2.45, 2.75) is 20.3 Å². The van der Waals surface area contributed by atoms with Crippen molar-refractivity contribution in [3.8, 4) is 5.75 Å². The van der Waals surface area contributed by atoms with Gasteiger partial charge in [-0.1, -0.05) is 30.4 Å². The number of hydrogen-bond acceptors (Lipinski definition) is 4. The Morgan fingerprint density at radius 2 is 1.70 bits per heavy atom. The predicted molar refractivity (Wildman–Crippen MR) is 98.9 cm³/mol. The number of allylic oxidation sites excluding steroid dienone is 2. The maximum absolute atomic E-state index is 12.6. The van der Waals surface area contributed by atoms with E-state index in [9.17, 15) is 14.4 Å². The number of fused-ring (bicyclic) bond motifs is 5. The second-order valence-corrected chi connectivity index (χ2v) is 7.68. The van der Waals surface area contributed by atoms with E-state index in [1.165, 1.54) is 0 Å². The average Bonchev–Trinajstić information content (AvgIpc) is 3.31. The molecule has 6 nitrogen and oxygen atoms in total. The fraction of sp³-hybridized carbons (Fsp3) is 0.476. The van der Waals surface area contributed by atoms with Gasteiger partial charge in [-0.25, -0.2) is 0 Å². The molecule has 0 spiro atoms. The molecule has 1 N–H and O–H groups in total. The first-order valence-corrected chi connectivity index (χ1v) is 9.46. The average molecular weight is 368 g/mol. The van der Waals surface area contributed by atoms with Gasteiger partial charge in [0.15, 0.2) is 0 Å². The standard InChI is InChI=1S/C21H24N2O4/c1-12-4-3-5-13(2)19(12)27-9-8-22-16(24)11-23-20(25)17-14-6-7-15(10-14)18(17)21(23)26/h3-7,14-15,17-18H,8-11H2,1-2H3,(H,22,24)/t14-,15-,17-,18+/m0/s1. The van der Waals surface area contributed by atoms with E-state index in [0.717, 1.165) is 28.2 Å². The lowest BCUT2D eigenvalue weighted by Crippen LogP contribution is -2.42. The number of rotatable bonds is 6. The zero-order chi connectivity index (χ0) is 19.1. The van der Waals surface area contributed by atoms with E-state index in [4.69, 9.17) is 4.74 Å². The molecule has 6 heteroatoms. The summed E-state index contributed by atoms with van der Waals surface area (Å²) in [5.41, 5.74) is 2.09. The Bertz CT molecular complexity index is 781. The Morgan fingerprint density at radius 3 is 2.30 bits per heavy atom. The Kier molecular flexibility index (Phi) is 4.50. The normalized spacial score (nSPS) is 28.0. The summed E-state index contributed by atoms with van der Waals surface area (Å²) < 4.78 is 5.76. The first kappa shape index (κ1) is 17.8. The van der Waals surface area contributed by atoms with Gasteiger partial charge in [0.2, 0.25) is 17.7 Å². The van der Waals surface area contributed by atoms with Crippen LogP contribution < -0.4 is 10.1 Å². The molecule has 1 saturated heterocycles. The molecule has 4 atom stereocenters. The van der Waals surface area contributed by atoms with Crippen molar-refractivity contribution in [2.24, 2.45) is 23.7 Å². The predicted octanol–water partition coefficient (Wildman–Crippen LogP) is 1.61. The van der Waals surface area contributed by atoms with Gasteiger partial charge in [-0.05, 0) is 43.2 Å². The third kappa shape index (κ3) is 3.03. The van der Waals surface area contributed by atoms with Crippen LogP contribution in [0.25, 0.3) is 0 Å². The van der Waals surface area contributed by atoms with Crippen LogP contribution in [0.1, 0.15) is 17.5 Å². The number of aryl methyl sites for hydroxylation is 2. The fourth-order valence-corrected chi connectivity index (χ4v) is 4.69. The van der Waals surface area contributed by atoms with E-state index in [-0.39, 0.29) is 47.9 Å². The molecule has 3 amide bonds. The fourth-order valence-electron chi connectivity index (χ4n) is 4.69. The van der Waals surface area contributed by atoms with Crippen molar-refractivity contribution in [1.82, 2.24) is 10.2 Å². The Labute approximate surface area is 158 Å². The maximum atomic E-state index is 12.6. The molecule has 1 aliphatic heterocycles. The third-order valence-corrected chi connectivity index (χ3v) is 5.94. The molecular weight excluding hydrogens is 344 g/mol. The van der Waals surface area contributed by atoms with E-state index in [1.807, 2.05) is 44.2 Å². The van der Waals surface area contributed by atoms with E-state index >= 15 is 0 Å². The van der Waals surface area contributed by atoms with Gasteiger partial charge in [-0.15, -0.1) is 0 Å². The van der Waals surface area contributed by atoms with Crippen molar-refractivity contribution in [1.29, 1.82) is 0 Å². The van der Waals surface area contributed by atoms with E-state index in [2.05, 4.69) is 5.32 Å². The third-order valence-electron chi connectivity index (χ3n) is 5.94. The quantitative estimate of drug-likeness (QED) is 0.470. The van der Waals surface area contributed by atoms with Gasteiger partial charge in [0.05, 0.1) is 18.4 Å². The number of benzene rings is 1. The molecule has 1 saturated carbocycles. The monoisotopic (exact) mass is 368 g/mol. The van der Waals surface area contributed by atoms with Crippen LogP contribution in [-0.4, -0.2) is 42.3 Å². The van der Waals surface area contributed by atoms with Gasteiger partial charge in [-0.2, -0.15) is 0 Å². The zero-order valence-corrected chi connectivity index (χ0v) is 15.6. The second kappa shape index (κ2) is 6.83. The number of carbonyl (C=O) groups is 3. The molecule has 1 aromatic rings. The smallest absolute Gasteiger partial charge is 0.240 e. The lowest BCUT2D eigenvalue weighted by Gasteiger charge is -2.17. The molecule has 2 aliphatic carbocycles. The highest BCUT2D eigenvalue weighted by atomic mass is 16.5. The zero-order valence-electron chi connectivity index (χ0n) is 15.6. The summed E-state index contributed by atoms with van der Waals surface area (Å²) >= 11 is 0. The molecule has 2 fully saturated rings. The largest absolute Gasteiger partial charge is 0.491 e. The van der Waals surface area contributed by atoms with Crippen molar-refractivity contribution in [3.05, 3.63) is 41.5 Å². The lowest BCUT2D eigenvalue weighted by molar-refractivity contribution is -0.144. The van der Waals surface area contributed by atoms with Gasteiger partial charge in [0, 0.05) is 0 Å². The van der Waals surface area contributed by atoms with Gasteiger partial charge in [-0.3, -0.25) is 19.3 Å². The number of hydrogen-bond donors (Lipinski definition) is 1. The molecule has 4 rings (SSSR count). The molecule has 2 bridgehead atoms. The number of carbonyl (C=O) groups excluding carboxylic acids is 3. The van der Waals surface area contributed by atoms with Crippen molar-refractivity contribution in [2.75, 3.05) is 19.7 Å². The Balaban J connectivity index is 1.27. The molecule has 3 aliphatic rings. The van der Waals surface area contributed by atoms with Crippen molar-refractivity contribution < 1.29 is 19.1 Å². The summed E-state index contributed by atoms with van der Waals surface area (Å²) in [5.74, 6) is -0.0760. The van der Waals surface area contributed by atoms with E-state index in [1.54, 1.807) is 0 Å². The van der Waals surface area contributed by atoms with Crippen LogP contribution in [0.4, 0.5) is 0 Å². The minimum absolute atomic E-state index is 0.162. The van der Waals surface area contributed by atoms with Crippen molar-refractivity contribution >= 4 is 17.7 Å². The van der Waals surface area contributed by atoms with Crippen LogP contribution in [0, 0.1) is 37.5 Å². The SMILES string of the molecule is Cc1cccc(C)c1OCCNC(=O)CN1C(=O)[C@@H]2[C@H](C1=O)[C@H]1C=C[C@H]2C1. The molecule has 1 heterocycles. The summed E-state index contributed by atoms with van der Waals surface area (Å²) in [5, 5.41) is 2.74. The van der Waals surface area contributed by atoms with Crippen molar-refractivity contribution in [3.63, 3.8) is 0 Å². The van der Waals surface area contributed by atoms with Crippen LogP contribution in [-0.2, 0) is 14.4 Å². The van der Waals surface area contributed by atoms with Crippen LogP contribution in [0.5, 0.6) is 5.75 Å². The number of amides is 3. The van der Waals surface area contributed by atoms with E-state index < -0.39 is 0 Å². The summed E-state index contributed by atoms with van der Waals surface area (Å²) in [6.45, 7) is 4.41. The van der Waals surface area contributed by atoms with Gasteiger partial charge in [0.25, 0.3) is 0 Å². The minimum atomic E-state index is -0.331. The first-order valence-electron chi connectivity index (χ1n) is 9.46. The lowest BCUT2D eigenvalue weighted by atomic mass is 9.85. The first-order chi connectivity index (χ1) is 13.0. The van der Waals surface area contributed by atoms with Crippen LogP contribution in [0.15, 0.2) is 30.4 Å². The number of imide groups is 1. The molecule has 0 radical (unpaired) electrons. The minimum Gasteiger partial charge on any atom is -0.491 e. The highest BCUT2D eigenvalue weighted by Gasteiger charge is 2.59. The maximum Gasteiger partial charge on any atom is 0.240 e. The molecule has 0 aromatic heterocycles. The number of para-hydroxylation sites is 1. The molecule has 142 valence electrons. The summed E-state index contributed by atoms with van der Waals surface area (Å²) in [6.07, 6.45) is 4.99. The van der Waals surface area contributed by atoms with E-state index in [0.29, 0.717) is 13.2 Å². The molecule has 0 unspecified atom stereocenters. The molecule has 1 aromatic carbocycles. The highest BCUT2D eigenvalue weighted by molar-refractivity contribution is 6.08. The second-order valence-electron chi connectivity index (χ2n) is 7.68. The number of nitrogens with one attached hydrogen (secondary N) is 1. The number of likely N-dealkylation sites (tertiary alicyclic amines) is 1.